The molecule has 1 saturated heterocycles. The van der Waals surface area contributed by atoms with Gasteiger partial charge in [0.25, 0.3) is 0 Å². The van der Waals surface area contributed by atoms with Crippen molar-refractivity contribution in [1.29, 1.82) is 0 Å². The zero-order chi connectivity index (χ0) is 14.7. The van der Waals surface area contributed by atoms with E-state index in [1.165, 1.54) is 12.8 Å². The lowest BCUT2D eigenvalue weighted by Gasteiger charge is -2.31. The second kappa shape index (κ2) is 7.80. The van der Waals surface area contributed by atoms with E-state index in [1.54, 1.807) is 0 Å². The fourth-order valence-corrected chi connectivity index (χ4v) is 2.74. The second-order valence-electron chi connectivity index (χ2n) is 5.86. The van der Waals surface area contributed by atoms with E-state index in [1.807, 2.05) is 24.3 Å². The normalized spacial score (nSPS) is 16.8. The van der Waals surface area contributed by atoms with Gasteiger partial charge in [-0.15, -0.1) is 24.0 Å². The Bertz CT molecular complexity index is 595. The Balaban J connectivity index is 0.00000176. The number of aromatic amines is 1. The average Bonchev–Trinajstić information content (AvgIpc) is 2.90. The quantitative estimate of drug-likeness (QED) is 0.462. The summed E-state index contributed by atoms with van der Waals surface area (Å²) in [5, 5.41) is 0. The van der Waals surface area contributed by atoms with E-state index < -0.39 is 0 Å². The largest absolute Gasteiger partial charge is 0.370 e. The summed E-state index contributed by atoms with van der Waals surface area (Å²) in [7, 11) is 0. The summed E-state index contributed by atoms with van der Waals surface area (Å²) < 4.78 is 0. The molecule has 0 saturated carbocycles. The zero-order valence-electron chi connectivity index (χ0n) is 13.0. The van der Waals surface area contributed by atoms with Gasteiger partial charge in [0.2, 0.25) is 0 Å². The molecule has 0 aliphatic carbocycles. The molecular formula is C16H24IN5. The molecule has 5 nitrogen and oxygen atoms in total. The molecule has 0 unspecified atom stereocenters. The first-order valence-electron chi connectivity index (χ1n) is 7.71. The molecule has 22 heavy (non-hydrogen) atoms. The van der Waals surface area contributed by atoms with Crippen molar-refractivity contribution in [3.63, 3.8) is 0 Å². The molecule has 1 aromatic heterocycles. The predicted molar refractivity (Wildman–Crippen MR) is 102 cm³/mol. The molecule has 1 aromatic carbocycles. The van der Waals surface area contributed by atoms with Crippen molar-refractivity contribution in [2.45, 2.75) is 26.2 Å². The zero-order valence-corrected chi connectivity index (χ0v) is 15.3. The van der Waals surface area contributed by atoms with Gasteiger partial charge in [0.15, 0.2) is 5.96 Å². The van der Waals surface area contributed by atoms with Crippen molar-refractivity contribution < 1.29 is 0 Å². The van der Waals surface area contributed by atoms with Gasteiger partial charge in [0.1, 0.15) is 5.82 Å². The lowest BCUT2D eigenvalue weighted by molar-refractivity contribution is 0.277. The van der Waals surface area contributed by atoms with Crippen molar-refractivity contribution in [2.24, 2.45) is 16.6 Å². The number of hydrogen-bond donors (Lipinski definition) is 2. The Labute approximate surface area is 148 Å². The standard InChI is InChI=1S/C16H23N5.HI/c1-12-7-10-21(11-8-12)16(17)18-9-6-15-19-13-4-2-3-5-14(13)20-15;/h2-5,12H,6-11H2,1H3,(H2,17,18)(H,19,20);1H. The molecule has 1 fully saturated rings. The maximum Gasteiger partial charge on any atom is 0.191 e. The molecule has 0 atom stereocenters. The van der Waals surface area contributed by atoms with Crippen LogP contribution in [0.25, 0.3) is 11.0 Å². The molecule has 120 valence electrons. The van der Waals surface area contributed by atoms with Gasteiger partial charge in [-0.1, -0.05) is 19.1 Å². The number of guanidine groups is 1. The molecule has 2 aromatic rings. The molecule has 0 spiro atoms. The molecule has 3 rings (SSSR count). The number of benzene rings is 1. The minimum absolute atomic E-state index is 0. The highest BCUT2D eigenvalue weighted by Gasteiger charge is 2.16. The van der Waals surface area contributed by atoms with Gasteiger partial charge < -0.3 is 15.6 Å². The van der Waals surface area contributed by atoms with Crippen LogP contribution in [-0.2, 0) is 6.42 Å². The van der Waals surface area contributed by atoms with Gasteiger partial charge in [-0.05, 0) is 30.9 Å². The first-order valence-corrected chi connectivity index (χ1v) is 7.71. The number of imidazole rings is 1. The number of likely N-dealkylation sites (tertiary alicyclic amines) is 1. The highest BCUT2D eigenvalue weighted by atomic mass is 127. The maximum absolute atomic E-state index is 6.08. The van der Waals surface area contributed by atoms with Crippen LogP contribution in [-0.4, -0.2) is 40.5 Å². The van der Waals surface area contributed by atoms with Gasteiger partial charge in [-0.2, -0.15) is 0 Å². The van der Waals surface area contributed by atoms with E-state index in [0.29, 0.717) is 12.5 Å². The first kappa shape index (κ1) is 17.1. The Kier molecular flexibility index (Phi) is 6.05. The number of H-pyrrole nitrogens is 1. The van der Waals surface area contributed by atoms with Gasteiger partial charge >= 0.3 is 0 Å². The third-order valence-electron chi connectivity index (χ3n) is 4.17. The van der Waals surface area contributed by atoms with Crippen LogP contribution in [0.2, 0.25) is 0 Å². The number of piperidine rings is 1. The van der Waals surface area contributed by atoms with E-state index in [-0.39, 0.29) is 24.0 Å². The molecule has 0 bridgehead atoms. The monoisotopic (exact) mass is 413 g/mol. The lowest BCUT2D eigenvalue weighted by Crippen LogP contribution is -2.42. The van der Waals surface area contributed by atoms with E-state index in [9.17, 15) is 0 Å². The number of nitrogens with two attached hydrogens (primary N) is 1. The SMILES string of the molecule is CC1CCN(C(N)=NCCc2nc3ccccc3[nH]2)CC1.I. The average molecular weight is 413 g/mol. The van der Waals surface area contributed by atoms with Crippen molar-refractivity contribution in [1.82, 2.24) is 14.9 Å². The van der Waals surface area contributed by atoms with Crippen LogP contribution >= 0.6 is 24.0 Å². The fourth-order valence-electron chi connectivity index (χ4n) is 2.74. The van der Waals surface area contributed by atoms with Crippen molar-refractivity contribution in [2.75, 3.05) is 19.6 Å². The number of hydrogen-bond acceptors (Lipinski definition) is 2. The molecule has 0 amide bonds. The predicted octanol–water partition coefficient (Wildman–Crippen LogP) is 2.77. The number of aromatic nitrogens is 2. The number of nitrogens with one attached hydrogen (secondary N) is 1. The van der Waals surface area contributed by atoms with Crippen molar-refractivity contribution in [3.8, 4) is 0 Å². The second-order valence-corrected chi connectivity index (χ2v) is 5.86. The van der Waals surface area contributed by atoms with E-state index in [0.717, 1.165) is 42.3 Å². The Hall–Kier alpha value is -1.31. The van der Waals surface area contributed by atoms with Crippen molar-refractivity contribution in [3.05, 3.63) is 30.1 Å². The minimum atomic E-state index is 0. The molecule has 1 aliphatic heterocycles. The minimum Gasteiger partial charge on any atom is -0.370 e. The van der Waals surface area contributed by atoms with Gasteiger partial charge in [-0.25, -0.2) is 4.98 Å². The van der Waals surface area contributed by atoms with Crippen molar-refractivity contribution >= 4 is 41.0 Å². The maximum atomic E-state index is 6.08. The summed E-state index contributed by atoms with van der Waals surface area (Å²) in [4.78, 5) is 14.6. The summed E-state index contributed by atoms with van der Waals surface area (Å²) in [5.41, 5.74) is 8.17. The van der Waals surface area contributed by atoms with Gasteiger partial charge in [-0.3, -0.25) is 4.99 Å². The third-order valence-corrected chi connectivity index (χ3v) is 4.17. The molecule has 2 heterocycles. The third kappa shape index (κ3) is 4.12. The number of fused-ring (bicyclic) bond motifs is 1. The fraction of sp³-hybridized carbons (Fsp3) is 0.500. The van der Waals surface area contributed by atoms with Crippen LogP contribution in [0.1, 0.15) is 25.6 Å². The summed E-state index contributed by atoms with van der Waals surface area (Å²) in [6, 6.07) is 8.07. The number of para-hydroxylation sites is 2. The topological polar surface area (TPSA) is 70.3 Å². The van der Waals surface area contributed by atoms with Crippen LogP contribution in [0, 0.1) is 5.92 Å². The van der Waals surface area contributed by atoms with Crippen LogP contribution in [0.3, 0.4) is 0 Å². The Morgan fingerprint density at radius 3 is 2.82 bits per heavy atom. The smallest absolute Gasteiger partial charge is 0.191 e. The number of rotatable bonds is 3. The number of aliphatic imine (C=N–C) groups is 1. The molecule has 3 N–H and O–H groups in total. The number of nitrogens with zero attached hydrogens (tertiary/aromatic N) is 3. The van der Waals surface area contributed by atoms with Crippen LogP contribution in [0.5, 0.6) is 0 Å². The summed E-state index contributed by atoms with van der Waals surface area (Å²) in [6.45, 7) is 5.03. The van der Waals surface area contributed by atoms with E-state index >= 15 is 0 Å². The van der Waals surface area contributed by atoms with Crippen LogP contribution in [0.15, 0.2) is 29.3 Å². The Morgan fingerprint density at radius 2 is 2.09 bits per heavy atom. The van der Waals surface area contributed by atoms with E-state index in [2.05, 4.69) is 26.8 Å². The lowest BCUT2D eigenvalue weighted by atomic mass is 10.00. The summed E-state index contributed by atoms with van der Waals surface area (Å²) in [6.07, 6.45) is 3.21. The molecule has 6 heteroatoms. The highest BCUT2D eigenvalue weighted by Crippen LogP contribution is 2.15. The summed E-state index contributed by atoms with van der Waals surface area (Å²) in [5.74, 6) is 2.46. The molecule has 0 radical (unpaired) electrons. The number of halogens is 1. The van der Waals surface area contributed by atoms with E-state index in [4.69, 9.17) is 5.73 Å². The van der Waals surface area contributed by atoms with Gasteiger partial charge in [0.05, 0.1) is 11.0 Å². The first-order chi connectivity index (χ1) is 10.2. The molecular weight excluding hydrogens is 389 g/mol. The van der Waals surface area contributed by atoms with Crippen LogP contribution < -0.4 is 5.73 Å². The summed E-state index contributed by atoms with van der Waals surface area (Å²) >= 11 is 0. The Morgan fingerprint density at radius 1 is 1.36 bits per heavy atom. The highest BCUT2D eigenvalue weighted by molar-refractivity contribution is 14.0. The van der Waals surface area contributed by atoms with Crippen LogP contribution in [0.4, 0.5) is 0 Å². The van der Waals surface area contributed by atoms with Gasteiger partial charge in [0, 0.05) is 26.1 Å². The molecule has 1 aliphatic rings.